The van der Waals surface area contributed by atoms with Gasteiger partial charge in [0.2, 0.25) is 0 Å². The molecule has 0 aliphatic heterocycles. The van der Waals surface area contributed by atoms with Crippen LogP contribution in [0.4, 0.5) is 10.1 Å². The SMILES string of the molecule is O=[N+]([O-])c1ccc(Br)c(Oc2cc(F)cc(CO)c2)c1. The van der Waals surface area contributed by atoms with Gasteiger partial charge in [0, 0.05) is 12.1 Å². The van der Waals surface area contributed by atoms with Crippen LogP contribution in [0.15, 0.2) is 40.9 Å². The number of aliphatic hydroxyl groups is 1. The predicted molar refractivity (Wildman–Crippen MR) is 73.2 cm³/mol. The Kier molecular flexibility index (Phi) is 4.31. The summed E-state index contributed by atoms with van der Waals surface area (Å²) < 4.78 is 19.2. The molecular formula is C13H9BrFNO4. The molecule has 0 spiro atoms. The summed E-state index contributed by atoms with van der Waals surface area (Å²) in [4.78, 5) is 10.2. The van der Waals surface area contributed by atoms with Crippen LogP contribution in [0.5, 0.6) is 11.5 Å². The minimum Gasteiger partial charge on any atom is -0.456 e. The van der Waals surface area contributed by atoms with Crippen LogP contribution in [-0.4, -0.2) is 10.0 Å². The third-order valence-electron chi connectivity index (χ3n) is 2.47. The Hall–Kier alpha value is -1.99. The summed E-state index contributed by atoms with van der Waals surface area (Å²) in [7, 11) is 0. The van der Waals surface area contributed by atoms with Gasteiger partial charge in [0.25, 0.3) is 5.69 Å². The highest BCUT2D eigenvalue weighted by molar-refractivity contribution is 9.10. The largest absolute Gasteiger partial charge is 0.456 e. The Morgan fingerprint density at radius 2 is 2.05 bits per heavy atom. The smallest absolute Gasteiger partial charge is 0.273 e. The maximum atomic E-state index is 13.3. The molecule has 0 amide bonds. The first-order chi connectivity index (χ1) is 9.49. The van der Waals surface area contributed by atoms with Crippen molar-refractivity contribution in [3.63, 3.8) is 0 Å². The molecule has 2 rings (SSSR count). The Morgan fingerprint density at radius 3 is 2.70 bits per heavy atom. The average molecular weight is 342 g/mol. The molecule has 20 heavy (non-hydrogen) atoms. The molecule has 0 heterocycles. The maximum absolute atomic E-state index is 13.3. The number of halogens is 2. The van der Waals surface area contributed by atoms with E-state index in [0.29, 0.717) is 10.0 Å². The van der Waals surface area contributed by atoms with Gasteiger partial charge in [-0.3, -0.25) is 10.1 Å². The molecule has 2 aromatic carbocycles. The predicted octanol–water partition coefficient (Wildman–Crippen LogP) is 3.78. The highest BCUT2D eigenvalue weighted by Crippen LogP contribution is 2.33. The van der Waals surface area contributed by atoms with Crippen LogP contribution < -0.4 is 4.74 Å². The first kappa shape index (κ1) is 14.4. The van der Waals surface area contributed by atoms with Gasteiger partial charge in [-0.25, -0.2) is 4.39 Å². The summed E-state index contributed by atoms with van der Waals surface area (Å²) in [5.74, 6) is -0.225. The minimum atomic E-state index is -0.562. The third-order valence-corrected chi connectivity index (χ3v) is 3.12. The third kappa shape index (κ3) is 3.31. The number of nitro benzene ring substituents is 1. The van der Waals surface area contributed by atoms with Crippen LogP contribution >= 0.6 is 15.9 Å². The number of nitro groups is 1. The molecule has 0 radical (unpaired) electrons. The van der Waals surface area contributed by atoms with Crippen molar-refractivity contribution in [2.75, 3.05) is 0 Å². The standard InChI is InChI=1S/C13H9BrFNO4/c14-12-2-1-10(16(18)19)6-13(12)20-11-4-8(7-17)3-9(15)5-11/h1-6,17H,7H2. The lowest BCUT2D eigenvalue weighted by Gasteiger charge is -2.09. The van der Waals surface area contributed by atoms with E-state index in [2.05, 4.69) is 15.9 Å². The van der Waals surface area contributed by atoms with E-state index in [1.165, 1.54) is 30.3 Å². The number of rotatable bonds is 4. The van der Waals surface area contributed by atoms with Gasteiger partial charge in [-0.2, -0.15) is 0 Å². The molecule has 7 heteroatoms. The lowest BCUT2D eigenvalue weighted by molar-refractivity contribution is -0.384. The fourth-order valence-electron chi connectivity index (χ4n) is 1.58. The van der Waals surface area contributed by atoms with Crippen molar-refractivity contribution in [3.05, 3.63) is 62.4 Å². The zero-order valence-corrected chi connectivity index (χ0v) is 11.6. The number of aliphatic hydroxyl groups excluding tert-OH is 1. The lowest BCUT2D eigenvalue weighted by atomic mass is 10.2. The fraction of sp³-hybridized carbons (Fsp3) is 0.0769. The lowest BCUT2D eigenvalue weighted by Crippen LogP contribution is -1.93. The molecular weight excluding hydrogens is 333 g/mol. The Morgan fingerprint density at radius 1 is 1.30 bits per heavy atom. The molecule has 0 aliphatic carbocycles. The summed E-state index contributed by atoms with van der Waals surface area (Å²) in [5, 5.41) is 19.7. The van der Waals surface area contributed by atoms with Crippen molar-refractivity contribution in [2.45, 2.75) is 6.61 Å². The van der Waals surface area contributed by atoms with Crippen LogP contribution in [0, 0.1) is 15.9 Å². The second-order valence-electron chi connectivity index (χ2n) is 3.93. The van der Waals surface area contributed by atoms with Gasteiger partial charge in [0.05, 0.1) is 22.1 Å². The normalized spacial score (nSPS) is 10.3. The number of benzene rings is 2. The van der Waals surface area contributed by atoms with Crippen molar-refractivity contribution in [2.24, 2.45) is 0 Å². The van der Waals surface area contributed by atoms with E-state index in [1.807, 2.05) is 0 Å². The van der Waals surface area contributed by atoms with Crippen LogP contribution in [0.3, 0.4) is 0 Å². The summed E-state index contributed by atoms with van der Waals surface area (Å²) >= 11 is 3.20. The van der Waals surface area contributed by atoms with E-state index in [9.17, 15) is 14.5 Å². The number of hydrogen-bond acceptors (Lipinski definition) is 4. The van der Waals surface area contributed by atoms with E-state index in [0.717, 1.165) is 6.07 Å². The zero-order chi connectivity index (χ0) is 14.7. The summed E-state index contributed by atoms with van der Waals surface area (Å²) in [5.41, 5.74) is 0.212. The van der Waals surface area contributed by atoms with Crippen molar-refractivity contribution in [3.8, 4) is 11.5 Å². The van der Waals surface area contributed by atoms with E-state index < -0.39 is 10.7 Å². The van der Waals surface area contributed by atoms with Crippen molar-refractivity contribution in [1.82, 2.24) is 0 Å². The molecule has 0 saturated heterocycles. The van der Waals surface area contributed by atoms with Gasteiger partial charge in [-0.15, -0.1) is 0 Å². The van der Waals surface area contributed by atoms with Gasteiger partial charge in [0.1, 0.15) is 17.3 Å². The summed E-state index contributed by atoms with van der Waals surface area (Å²) in [6.07, 6.45) is 0. The average Bonchev–Trinajstić information content (AvgIpc) is 2.40. The number of ether oxygens (including phenoxy) is 1. The van der Waals surface area contributed by atoms with Crippen LogP contribution in [-0.2, 0) is 6.61 Å². The molecule has 0 atom stereocenters. The highest BCUT2D eigenvalue weighted by atomic mass is 79.9. The second-order valence-corrected chi connectivity index (χ2v) is 4.78. The summed E-state index contributed by atoms with van der Waals surface area (Å²) in [6, 6.07) is 7.78. The maximum Gasteiger partial charge on any atom is 0.273 e. The molecule has 0 saturated carbocycles. The Balaban J connectivity index is 2.36. The van der Waals surface area contributed by atoms with Crippen LogP contribution in [0.25, 0.3) is 0 Å². The van der Waals surface area contributed by atoms with E-state index in [1.54, 1.807) is 0 Å². The molecule has 104 valence electrons. The van der Waals surface area contributed by atoms with Gasteiger partial charge in [-0.1, -0.05) is 0 Å². The quantitative estimate of drug-likeness (QED) is 0.678. The highest BCUT2D eigenvalue weighted by Gasteiger charge is 2.12. The Bertz CT molecular complexity index is 663. The van der Waals surface area contributed by atoms with Gasteiger partial charge >= 0.3 is 0 Å². The molecule has 1 N–H and O–H groups in total. The van der Waals surface area contributed by atoms with Crippen molar-refractivity contribution < 1.29 is 19.2 Å². The summed E-state index contributed by atoms with van der Waals surface area (Å²) in [6.45, 7) is -0.329. The zero-order valence-electron chi connectivity index (χ0n) is 10.0. The number of hydrogen-bond donors (Lipinski definition) is 1. The molecule has 0 unspecified atom stereocenters. The van der Waals surface area contributed by atoms with E-state index in [-0.39, 0.29) is 23.8 Å². The Labute approximate surface area is 121 Å². The van der Waals surface area contributed by atoms with Crippen molar-refractivity contribution >= 4 is 21.6 Å². The molecule has 2 aromatic rings. The molecule has 0 bridgehead atoms. The molecule has 0 fully saturated rings. The molecule has 0 aliphatic rings. The van der Waals surface area contributed by atoms with E-state index in [4.69, 9.17) is 9.84 Å². The monoisotopic (exact) mass is 341 g/mol. The first-order valence-corrected chi connectivity index (χ1v) is 6.31. The van der Waals surface area contributed by atoms with Crippen LogP contribution in [0.2, 0.25) is 0 Å². The second kappa shape index (κ2) is 5.98. The topological polar surface area (TPSA) is 72.6 Å². The number of nitrogens with zero attached hydrogens (tertiary/aromatic N) is 1. The minimum absolute atomic E-state index is 0.137. The van der Waals surface area contributed by atoms with Gasteiger partial charge in [-0.05, 0) is 39.7 Å². The van der Waals surface area contributed by atoms with Crippen LogP contribution in [0.1, 0.15) is 5.56 Å². The molecule has 0 aromatic heterocycles. The fourth-order valence-corrected chi connectivity index (χ4v) is 1.91. The van der Waals surface area contributed by atoms with Gasteiger partial charge < -0.3 is 9.84 Å². The van der Waals surface area contributed by atoms with Gasteiger partial charge in [0.15, 0.2) is 0 Å². The van der Waals surface area contributed by atoms with Crippen molar-refractivity contribution in [1.29, 1.82) is 0 Å². The van der Waals surface area contributed by atoms with E-state index >= 15 is 0 Å². The molecule has 5 nitrogen and oxygen atoms in total. The first-order valence-electron chi connectivity index (χ1n) is 5.51. The number of non-ortho nitro benzene ring substituents is 1.